The average Bonchev–Trinajstić information content (AvgIpc) is 2.24. The van der Waals surface area contributed by atoms with Crippen LogP contribution in [0.25, 0.3) is 0 Å². The van der Waals surface area contributed by atoms with Crippen LogP contribution < -0.4 is 5.73 Å². The Hall–Kier alpha value is -1.29. The summed E-state index contributed by atoms with van der Waals surface area (Å²) >= 11 is 0. The SMILES string of the molecule is C=CCC[C@H](N)c1ccccc1C(F)(F)F. The summed E-state index contributed by atoms with van der Waals surface area (Å²) < 4.78 is 38.0. The third-order valence-electron chi connectivity index (χ3n) is 2.35. The molecule has 0 aliphatic rings. The lowest BCUT2D eigenvalue weighted by molar-refractivity contribution is -0.138. The van der Waals surface area contributed by atoms with Crippen LogP contribution in [0.3, 0.4) is 0 Å². The Morgan fingerprint density at radius 2 is 1.94 bits per heavy atom. The molecule has 2 N–H and O–H groups in total. The highest BCUT2D eigenvalue weighted by Gasteiger charge is 2.33. The van der Waals surface area contributed by atoms with E-state index in [4.69, 9.17) is 5.73 Å². The maximum atomic E-state index is 12.7. The zero-order valence-corrected chi connectivity index (χ0v) is 8.80. The number of alkyl halides is 3. The second-order valence-electron chi connectivity index (χ2n) is 3.56. The van der Waals surface area contributed by atoms with Crippen molar-refractivity contribution in [3.05, 3.63) is 48.0 Å². The van der Waals surface area contributed by atoms with E-state index in [1.165, 1.54) is 12.1 Å². The molecule has 1 aromatic carbocycles. The molecule has 0 radical (unpaired) electrons. The van der Waals surface area contributed by atoms with Crippen molar-refractivity contribution >= 4 is 0 Å². The number of allylic oxidation sites excluding steroid dienone is 1. The van der Waals surface area contributed by atoms with Gasteiger partial charge in [-0.25, -0.2) is 0 Å². The van der Waals surface area contributed by atoms with E-state index in [0.717, 1.165) is 6.07 Å². The summed E-state index contributed by atoms with van der Waals surface area (Å²) in [6.45, 7) is 3.52. The molecule has 1 aromatic rings. The van der Waals surface area contributed by atoms with Gasteiger partial charge in [0.1, 0.15) is 0 Å². The maximum Gasteiger partial charge on any atom is 0.416 e. The van der Waals surface area contributed by atoms with Gasteiger partial charge in [-0.1, -0.05) is 24.3 Å². The highest BCUT2D eigenvalue weighted by molar-refractivity contribution is 5.32. The third kappa shape index (κ3) is 3.10. The van der Waals surface area contributed by atoms with Gasteiger partial charge in [0, 0.05) is 6.04 Å². The zero-order chi connectivity index (χ0) is 12.2. The van der Waals surface area contributed by atoms with Crippen LogP contribution in [0.4, 0.5) is 13.2 Å². The van der Waals surface area contributed by atoms with Gasteiger partial charge >= 0.3 is 6.18 Å². The second kappa shape index (κ2) is 5.16. The van der Waals surface area contributed by atoms with Gasteiger partial charge in [0.15, 0.2) is 0 Å². The van der Waals surface area contributed by atoms with E-state index in [-0.39, 0.29) is 5.56 Å². The average molecular weight is 229 g/mol. The first-order chi connectivity index (χ1) is 7.46. The summed E-state index contributed by atoms with van der Waals surface area (Å²) in [6, 6.07) is 4.82. The Morgan fingerprint density at radius 3 is 2.50 bits per heavy atom. The zero-order valence-electron chi connectivity index (χ0n) is 8.80. The molecule has 1 atom stereocenters. The van der Waals surface area contributed by atoms with Gasteiger partial charge in [0.2, 0.25) is 0 Å². The van der Waals surface area contributed by atoms with E-state index in [9.17, 15) is 13.2 Å². The summed E-state index contributed by atoms with van der Waals surface area (Å²) in [5.41, 5.74) is 5.23. The lowest BCUT2D eigenvalue weighted by atomic mass is 9.97. The van der Waals surface area contributed by atoms with E-state index in [1.807, 2.05) is 0 Å². The van der Waals surface area contributed by atoms with Gasteiger partial charge in [-0.15, -0.1) is 6.58 Å². The molecule has 16 heavy (non-hydrogen) atoms. The quantitative estimate of drug-likeness (QED) is 0.783. The molecule has 0 aliphatic heterocycles. The summed E-state index contributed by atoms with van der Waals surface area (Å²) in [4.78, 5) is 0. The summed E-state index contributed by atoms with van der Waals surface area (Å²) in [5, 5.41) is 0. The minimum Gasteiger partial charge on any atom is -0.324 e. The molecule has 0 unspecified atom stereocenters. The first kappa shape index (κ1) is 12.8. The second-order valence-corrected chi connectivity index (χ2v) is 3.56. The van der Waals surface area contributed by atoms with Gasteiger partial charge in [0.25, 0.3) is 0 Å². The smallest absolute Gasteiger partial charge is 0.324 e. The summed E-state index contributed by atoms with van der Waals surface area (Å²) in [7, 11) is 0. The number of benzene rings is 1. The van der Waals surface area contributed by atoms with Crippen molar-refractivity contribution in [1.29, 1.82) is 0 Å². The molecule has 0 aliphatic carbocycles. The molecule has 0 amide bonds. The van der Waals surface area contributed by atoms with Crippen LogP contribution in [0, 0.1) is 0 Å². The molecule has 0 bridgehead atoms. The molecule has 0 spiro atoms. The fraction of sp³-hybridized carbons (Fsp3) is 0.333. The van der Waals surface area contributed by atoms with Crippen LogP contribution in [0.15, 0.2) is 36.9 Å². The lowest BCUT2D eigenvalue weighted by Crippen LogP contribution is -2.17. The fourth-order valence-electron chi connectivity index (χ4n) is 1.53. The molecule has 4 heteroatoms. The standard InChI is InChI=1S/C12H14F3N/c1-2-3-8-11(16)9-6-4-5-7-10(9)12(13,14)15/h2,4-7,11H,1,3,8,16H2/t11-/m0/s1. The van der Waals surface area contributed by atoms with Gasteiger partial charge < -0.3 is 5.73 Å². The monoisotopic (exact) mass is 229 g/mol. The highest BCUT2D eigenvalue weighted by atomic mass is 19.4. The van der Waals surface area contributed by atoms with Crippen LogP contribution in [0.1, 0.15) is 30.0 Å². The Kier molecular flexibility index (Phi) is 4.12. The Balaban J connectivity index is 2.99. The van der Waals surface area contributed by atoms with Crippen molar-refractivity contribution in [3.8, 4) is 0 Å². The fourth-order valence-corrected chi connectivity index (χ4v) is 1.53. The largest absolute Gasteiger partial charge is 0.416 e. The van der Waals surface area contributed by atoms with E-state index in [2.05, 4.69) is 6.58 Å². The van der Waals surface area contributed by atoms with Gasteiger partial charge in [-0.2, -0.15) is 13.2 Å². The van der Waals surface area contributed by atoms with Crippen molar-refractivity contribution in [2.45, 2.75) is 25.1 Å². The number of rotatable bonds is 4. The van der Waals surface area contributed by atoms with Gasteiger partial charge in [0.05, 0.1) is 5.56 Å². The molecular formula is C12H14F3N. The molecule has 1 rings (SSSR count). The van der Waals surface area contributed by atoms with E-state index in [0.29, 0.717) is 12.8 Å². The third-order valence-corrected chi connectivity index (χ3v) is 2.35. The van der Waals surface area contributed by atoms with Crippen molar-refractivity contribution in [1.82, 2.24) is 0 Å². The van der Waals surface area contributed by atoms with Crippen molar-refractivity contribution in [2.75, 3.05) is 0 Å². The lowest BCUT2D eigenvalue weighted by Gasteiger charge is -2.17. The summed E-state index contributed by atoms with van der Waals surface area (Å²) in [5.74, 6) is 0. The normalized spacial score (nSPS) is 13.5. The Labute approximate surface area is 92.8 Å². The molecule has 1 nitrogen and oxygen atoms in total. The number of halogens is 3. The molecule has 0 fully saturated rings. The Bertz CT molecular complexity index is 358. The molecule has 88 valence electrons. The predicted molar refractivity (Wildman–Crippen MR) is 57.8 cm³/mol. The predicted octanol–water partition coefficient (Wildman–Crippen LogP) is 3.67. The van der Waals surface area contributed by atoms with E-state index in [1.54, 1.807) is 12.1 Å². The molecular weight excluding hydrogens is 215 g/mol. The minimum atomic E-state index is -4.34. The van der Waals surface area contributed by atoms with Crippen LogP contribution in [0.5, 0.6) is 0 Å². The van der Waals surface area contributed by atoms with Crippen LogP contribution in [-0.2, 0) is 6.18 Å². The molecule has 0 aromatic heterocycles. The molecule has 0 heterocycles. The van der Waals surface area contributed by atoms with E-state index >= 15 is 0 Å². The topological polar surface area (TPSA) is 26.0 Å². The minimum absolute atomic E-state index is 0.150. The van der Waals surface area contributed by atoms with Crippen molar-refractivity contribution in [3.63, 3.8) is 0 Å². The number of hydrogen-bond donors (Lipinski definition) is 1. The first-order valence-corrected chi connectivity index (χ1v) is 4.99. The summed E-state index contributed by atoms with van der Waals surface area (Å²) in [6.07, 6.45) is -1.62. The maximum absolute atomic E-state index is 12.7. The first-order valence-electron chi connectivity index (χ1n) is 4.99. The molecule has 0 saturated carbocycles. The van der Waals surface area contributed by atoms with Crippen LogP contribution in [0.2, 0.25) is 0 Å². The van der Waals surface area contributed by atoms with Crippen LogP contribution in [-0.4, -0.2) is 0 Å². The molecule has 0 saturated heterocycles. The Morgan fingerprint density at radius 1 is 1.31 bits per heavy atom. The van der Waals surface area contributed by atoms with E-state index < -0.39 is 17.8 Å². The van der Waals surface area contributed by atoms with Crippen LogP contribution >= 0.6 is 0 Å². The number of nitrogens with two attached hydrogens (primary N) is 1. The van der Waals surface area contributed by atoms with Gasteiger partial charge in [-0.05, 0) is 24.5 Å². The van der Waals surface area contributed by atoms with Gasteiger partial charge in [-0.3, -0.25) is 0 Å². The van der Waals surface area contributed by atoms with Crippen molar-refractivity contribution in [2.24, 2.45) is 5.73 Å². The number of hydrogen-bond acceptors (Lipinski definition) is 1. The highest BCUT2D eigenvalue weighted by Crippen LogP contribution is 2.34. The van der Waals surface area contributed by atoms with Crippen molar-refractivity contribution < 1.29 is 13.2 Å².